The van der Waals surface area contributed by atoms with Gasteiger partial charge in [-0.3, -0.25) is 4.90 Å². The molecule has 1 saturated heterocycles. The maximum atomic E-state index is 11.6. The van der Waals surface area contributed by atoms with E-state index in [1.807, 2.05) is 0 Å². The zero-order valence-corrected chi connectivity index (χ0v) is 12.7. The van der Waals surface area contributed by atoms with E-state index in [1.165, 1.54) is 45.2 Å². The molecule has 0 N–H and O–H groups in total. The van der Waals surface area contributed by atoms with Gasteiger partial charge in [-0.1, -0.05) is 13.8 Å². The molecule has 2 fully saturated rings. The first-order valence-corrected chi connectivity index (χ1v) is 8.08. The zero-order valence-electron chi connectivity index (χ0n) is 12.7. The number of piperazine rings is 1. The van der Waals surface area contributed by atoms with E-state index in [-0.39, 0.29) is 5.41 Å². The van der Waals surface area contributed by atoms with Crippen LogP contribution in [0, 0.1) is 11.3 Å². The Labute approximate surface area is 118 Å². The number of aldehydes is 1. The highest BCUT2D eigenvalue weighted by Crippen LogP contribution is 2.38. The van der Waals surface area contributed by atoms with Crippen LogP contribution in [0.25, 0.3) is 0 Å². The second-order valence-electron chi connectivity index (χ2n) is 6.78. The summed E-state index contributed by atoms with van der Waals surface area (Å²) in [7, 11) is 0. The third-order valence-corrected chi connectivity index (χ3v) is 5.06. The summed E-state index contributed by atoms with van der Waals surface area (Å²) < 4.78 is 0. The highest BCUT2D eigenvalue weighted by Gasteiger charge is 2.36. The molecule has 3 heteroatoms. The first-order valence-electron chi connectivity index (χ1n) is 8.08. The topological polar surface area (TPSA) is 23.6 Å². The minimum Gasteiger partial charge on any atom is -0.303 e. The van der Waals surface area contributed by atoms with Crippen LogP contribution < -0.4 is 0 Å². The van der Waals surface area contributed by atoms with E-state index in [1.54, 1.807) is 0 Å². The number of nitrogens with zero attached hydrogens (tertiary/aromatic N) is 2. The van der Waals surface area contributed by atoms with Crippen LogP contribution in [0.4, 0.5) is 0 Å². The molecule has 0 atom stereocenters. The van der Waals surface area contributed by atoms with Crippen LogP contribution in [0.15, 0.2) is 0 Å². The average molecular weight is 266 g/mol. The van der Waals surface area contributed by atoms with Crippen molar-refractivity contribution in [2.75, 3.05) is 39.3 Å². The summed E-state index contributed by atoms with van der Waals surface area (Å²) in [6.45, 7) is 11.4. The number of hydrogen-bond donors (Lipinski definition) is 0. The molecule has 1 saturated carbocycles. The molecule has 0 bridgehead atoms. The van der Waals surface area contributed by atoms with Gasteiger partial charge in [-0.15, -0.1) is 0 Å². The fourth-order valence-corrected chi connectivity index (χ4v) is 3.58. The van der Waals surface area contributed by atoms with E-state index in [9.17, 15) is 4.79 Å². The lowest BCUT2D eigenvalue weighted by Crippen LogP contribution is -2.50. The van der Waals surface area contributed by atoms with Crippen molar-refractivity contribution >= 4 is 6.29 Å². The lowest BCUT2D eigenvalue weighted by Gasteiger charge is -2.42. The molecule has 1 heterocycles. The molecule has 0 amide bonds. The molecule has 0 aromatic carbocycles. The summed E-state index contributed by atoms with van der Waals surface area (Å²) in [5.74, 6) is 0.814. The van der Waals surface area contributed by atoms with Gasteiger partial charge < -0.3 is 9.69 Å². The Bertz CT molecular complexity index is 276. The Morgan fingerprint density at radius 3 is 2.21 bits per heavy atom. The zero-order chi connectivity index (χ0) is 13.7. The molecule has 0 aromatic rings. The molecule has 1 aliphatic heterocycles. The first-order chi connectivity index (χ1) is 9.17. The van der Waals surface area contributed by atoms with Crippen molar-refractivity contribution in [2.45, 2.75) is 46.0 Å². The highest BCUT2D eigenvalue weighted by molar-refractivity contribution is 5.60. The second kappa shape index (κ2) is 6.85. The third-order valence-electron chi connectivity index (χ3n) is 5.06. The Hall–Kier alpha value is -0.410. The Kier molecular flexibility index (Phi) is 5.40. The van der Waals surface area contributed by atoms with Gasteiger partial charge in [0.2, 0.25) is 0 Å². The average Bonchev–Trinajstić information content (AvgIpc) is 2.44. The lowest BCUT2D eigenvalue weighted by atomic mass is 9.71. The van der Waals surface area contributed by atoms with Crippen molar-refractivity contribution in [2.24, 2.45) is 11.3 Å². The van der Waals surface area contributed by atoms with Crippen molar-refractivity contribution in [3.8, 4) is 0 Å². The lowest BCUT2D eigenvalue weighted by molar-refractivity contribution is -0.120. The Morgan fingerprint density at radius 2 is 1.68 bits per heavy atom. The van der Waals surface area contributed by atoms with Crippen LogP contribution in [-0.2, 0) is 4.79 Å². The van der Waals surface area contributed by atoms with Crippen molar-refractivity contribution in [1.82, 2.24) is 9.80 Å². The van der Waals surface area contributed by atoms with E-state index in [2.05, 4.69) is 23.6 Å². The number of carbonyl (C=O) groups excluding carboxylic acids is 1. The Balaban J connectivity index is 1.81. The number of carbonyl (C=O) groups is 1. The molecular formula is C16H30N2O. The van der Waals surface area contributed by atoms with Crippen LogP contribution in [0.1, 0.15) is 46.0 Å². The van der Waals surface area contributed by atoms with Crippen LogP contribution in [0.3, 0.4) is 0 Å². The molecular weight excluding hydrogens is 236 g/mol. The molecule has 0 radical (unpaired) electrons. The molecule has 3 nitrogen and oxygen atoms in total. The maximum absolute atomic E-state index is 11.6. The predicted molar refractivity (Wildman–Crippen MR) is 79.3 cm³/mol. The predicted octanol–water partition coefficient (Wildman–Crippen LogP) is 2.41. The second-order valence-corrected chi connectivity index (χ2v) is 6.78. The van der Waals surface area contributed by atoms with Crippen molar-refractivity contribution < 1.29 is 4.79 Å². The van der Waals surface area contributed by atoms with E-state index >= 15 is 0 Å². The molecule has 0 unspecified atom stereocenters. The molecule has 19 heavy (non-hydrogen) atoms. The van der Waals surface area contributed by atoms with Gasteiger partial charge in [0, 0.05) is 38.1 Å². The maximum Gasteiger partial charge on any atom is 0.127 e. The van der Waals surface area contributed by atoms with Crippen LogP contribution in [-0.4, -0.2) is 55.4 Å². The van der Waals surface area contributed by atoms with Crippen LogP contribution >= 0.6 is 0 Å². The highest BCUT2D eigenvalue weighted by atomic mass is 16.1. The number of hydrogen-bond acceptors (Lipinski definition) is 3. The normalized spacial score (nSPS) is 34.3. The summed E-state index contributed by atoms with van der Waals surface area (Å²) in [6, 6.07) is 0. The van der Waals surface area contributed by atoms with Crippen molar-refractivity contribution in [3.63, 3.8) is 0 Å². The quantitative estimate of drug-likeness (QED) is 0.714. The summed E-state index contributed by atoms with van der Waals surface area (Å²) in [5.41, 5.74) is -0.0283. The van der Waals surface area contributed by atoms with E-state index in [0.29, 0.717) is 0 Å². The van der Waals surface area contributed by atoms with Crippen LogP contribution in [0.2, 0.25) is 0 Å². The Morgan fingerprint density at radius 1 is 1.11 bits per heavy atom. The van der Waals surface area contributed by atoms with E-state index in [4.69, 9.17) is 0 Å². The standard InChI is InChI=1S/C16H30N2O/c1-3-8-17-9-11-18(12-10-17)13-16(14-19)6-4-15(2)5-7-16/h14-15H,3-13H2,1-2H3. The molecule has 2 aliphatic rings. The third kappa shape index (κ3) is 4.03. The summed E-state index contributed by atoms with van der Waals surface area (Å²) in [6.07, 6.45) is 7.19. The van der Waals surface area contributed by atoms with Gasteiger partial charge in [0.05, 0.1) is 0 Å². The fourth-order valence-electron chi connectivity index (χ4n) is 3.58. The number of rotatable bonds is 5. The SMILES string of the molecule is CCCN1CCN(CC2(C=O)CCC(C)CC2)CC1. The first kappa shape index (κ1) is 15.0. The van der Waals surface area contributed by atoms with E-state index in [0.717, 1.165) is 38.4 Å². The van der Waals surface area contributed by atoms with Crippen molar-refractivity contribution in [3.05, 3.63) is 0 Å². The molecule has 1 aliphatic carbocycles. The van der Waals surface area contributed by atoms with Crippen LogP contribution in [0.5, 0.6) is 0 Å². The van der Waals surface area contributed by atoms with Gasteiger partial charge >= 0.3 is 0 Å². The molecule has 0 aromatic heterocycles. The van der Waals surface area contributed by atoms with E-state index < -0.39 is 0 Å². The van der Waals surface area contributed by atoms with Gasteiger partial charge in [-0.2, -0.15) is 0 Å². The van der Waals surface area contributed by atoms with Crippen molar-refractivity contribution in [1.29, 1.82) is 0 Å². The van der Waals surface area contributed by atoms with Gasteiger partial charge in [0.25, 0.3) is 0 Å². The fraction of sp³-hybridized carbons (Fsp3) is 0.938. The van der Waals surface area contributed by atoms with Gasteiger partial charge in [0.1, 0.15) is 6.29 Å². The minimum absolute atomic E-state index is 0.0283. The summed E-state index contributed by atoms with van der Waals surface area (Å²) in [4.78, 5) is 16.7. The summed E-state index contributed by atoms with van der Waals surface area (Å²) >= 11 is 0. The van der Waals surface area contributed by atoms with Gasteiger partial charge in [-0.05, 0) is 44.6 Å². The van der Waals surface area contributed by atoms with Gasteiger partial charge in [0.15, 0.2) is 0 Å². The smallest absolute Gasteiger partial charge is 0.127 e. The summed E-state index contributed by atoms with van der Waals surface area (Å²) in [5, 5.41) is 0. The largest absolute Gasteiger partial charge is 0.303 e. The minimum atomic E-state index is -0.0283. The molecule has 110 valence electrons. The monoisotopic (exact) mass is 266 g/mol. The molecule has 0 spiro atoms. The molecule has 2 rings (SSSR count). The van der Waals surface area contributed by atoms with Gasteiger partial charge in [-0.25, -0.2) is 0 Å².